The topological polar surface area (TPSA) is 85.3 Å². The molecule has 0 bridgehead atoms. The van der Waals surface area contributed by atoms with Crippen molar-refractivity contribution in [2.75, 3.05) is 19.8 Å². The first-order valence-corrected chi connectivity index (χ1v) is 9.36. The fourth-order valence-electron chi connectivity index (χ4n) is 2.67. The number of rotatable bonds is 10. The molecular formula is C19H25N3O4S. The number of benzene rings is 1. The predicted octanol–water partition coefficient (Wildman–Crippen LogP) is 2.94. The number of H-pyrrole nitrogens is 1. The third kappa shape index (κ3) is 5.19. The van der Waals surface area contributed by atoms with E-state index in [1.54, 1.807) is 18.2 Å². The van der Waals surface area contributed by atoms with E-state index in [-0.39, 0.29) is 11.5 Å². The van der Waals surface area contributed by atoms with E-state index in [2.05, 4.69) is 16.9 Å². The van der Waals surface area contributed by atoms with Crippen molar-refractivity contribution in [1.82, 2.24) is 14.9 Å². The molecule has 0 saturated carbocycles. The lowest BCUT2D eigenvalue weighted by atomic mass is 10.2. The van der Waals surface area contributed by atoms with Crippen LogP contribution in [0.25, 0.3) is 10.9 Å². The van der Waals surface area contributed by atoms with Crippen LogP contribution in [-0.2, 0) is 11.3 Å². The highest BCUT2D eigenvalue weighted by Gasteiger charge is 2.13. The number of nitrogens with one attached hydrogen (secondary N) is 2. The van der Waals surface area contributed by atoms with Crippen molar-refractivity contribution in [1.29, 1.82) is 0 Å². The van der Waals surface area contributed by atoms with Crippen LogP contribution in [0.3, 0.4) is 0 Å². The summed E-state index contributed by atoms with van der Waals surface area (Å²) in [6.45, 7) is 9.02. The summed E-state index contributed by atoms with van der Waals surface area (Å²) in [5.41, 5.74) is 0.376. The molecule has 1 amide bonds. The van der Waals surface area contributed by atoms with E-state index in [1.807, 2.05) is 13.8 Å². The van der Waals surface area contributed by atoms with Crippen LogP contribution in [0.5, 0.6) is 11.5 Å². The van der Waals surface area contributed by atoms with Gasteiger partial charge in [0.05, 0.1) is 24.1 Å². The Hall–Kier alpha value is -2.61. The van der Waals surface area contributed by atoms with Crippen LogP contribution < -0.4 is 20.3 Å². The summed E-state index contributed by atoms with van der Waals surface area (Å²) in [4.78, 5) is 27.6. The fourth-order valence-corrected chi connectivity index (χ4v) is 2.96. The number of carbonyl (C=O) groups is 1. The second-order valence-corrected chi connectivity index (χ2v) is 6.18. The molecule has 0 aliphatic rings. The summed E-state index contributed by atoms with van der Waals surface area (Å²) in [5.74, 6) is 0.997. The highest BCUT2D eigenvalue weighted by atomic mass is 32.1. The Labute approximate surface area is 163 Å². The quantitative estimate of drug-likeness (QED) is 0.480. The maximum absolute atomic E-state index is 12.9. The zero-order valence-corrected chi connectivity index (χ0v) is 16.5. The highest BCUT2D eigenvalue weighted by molar-refractivity contribution is 7.71. The van der Waals surface area contributed by atoms with Crippen molar-refractivity contribution in [3.8, 4) is 11.5 Å². The molecule has 0 unspecified atom stereocenters. The Morgan fingerprint density at radius 2 is 1.96 bits per heavy atom. The van der Waals surface area contributed by atoms with Gasteiger partial charge in [-0.1, -0.05) is 6.08 Å². The van der Waals surface area contributed by atoms with Gasteiger partial charge in [0.15, 0.2) is 16.3 Å². The molecule has 27 heavy (non-hydrogen) atoms. The first-order valence-electron chi connectivity index (χ1n) is 8.95. The molecule has 0 aliphatic carbocycles. The minimum Gasteiger partial charge on any atom is -0.490 e. The first-order chi connectivity index (χ1) is 13.0. The van der Waals surface area contributed by atoms with Crippen LogP contribution in [0.1, 0.15) is 26.7 Å². The number of hydrogen-bond donors (Lipinski definition) is 2. The van der Waals surface area contributed by atoms with Gasteiger partial charge in [0.2, 0.25) is 5.91 Å². The second-order valence-electron chi connectivity index (χ2n) is 5.79. The third-order valence-corrected chi connectivity index (χ3v) is 4.20. The minimum atomic E-state index is -0.218. The van der Waals surface area contributed by atoms with Crippen molar-refractivity contribution in [2.45, 2.75) is 33.2 Å². The predicted molar refractivity (Wildman–Crippen MR) is 108 cm³/mol. The lowest BCUT2D eigenvalue weighted by Crippen LogP contribution is -2.25. The largest absolute Gasteiger partial charge is 0.490 e. The lowest BCUT2D eigenvalue weighted by molar-refractivity contribution is -0.121. The van der Waals surface area contributed by atoms with Crippen LogP contribution in [-0.4, -0.2) is 35.2 Å². The van der Waals surface area contributed by atoms with Crippen molar-refractivity contribution in [3.63, 3.8) is 0 Å². The number of aromatic amines is 1. The highest BCUT2D eigenvalue weighted by Crippen LogP contribution is 2.30. The Bertz CT molecular complexity index is 933. The van der Waals surface area contributed by atoms with E-state index in [9.17, 15) is 9.59 Å². The molecule has 2 aromatic rings. The number of fused-ring (bicyclic) bond motifs is 1. The normalized spacial score (nSPS) is 10.6. The summed E-state index contributed by atoms with van der Waals surface area (Å²) in [6, 6.07) is 3.40. The molecular weight excluding hydrogens is 366 g/mol. The zero-order chi connectivity index (χ0) is 19.8. The Morgan fingerprint density at radius 3 is 2.59 bits per heavy atom. The maximum atomic E-state index is 12.9. The van der Waals surface area contributed by atoms with E-state index < -0.39 is 0 Å². The Balaban J connectivity index is 2.31. The molecule has 0 fully saturated rings. The van der Waals surface area contributed by atoms with Gasteiger partial charge in [-0.25, -0.2) is 0 Å². The van der Waals surface area contributed by atoms with Gasteiger partial charge in [0, 0.05) is 25.6 Å². The molecule has 1 aromatic carbocycles. The molecule has 1 aromatic heterocycles. The smallest absolute Gasteiger partial charge is 0.262 e. The molecule has 0 spiro atoms. The van der Waals surface area contributed by atoms with Gasteiger partial charge in [0.25, 0.3) is 5.56 Å². The first kappa shape index (κ1) is 20.7. The molecule has 0 saturated heterocycles. The van der Waals surface area contributed by atoms with Gasteiger partial charge in [-0.2, -0.15) is 0 Å². The van der Waals surface area contributed by atoms with Crippen molar-refractivity contribution in [2.24, 2.45) is 0 Å². The summed E-state index contributed by atoms with van der Waals surface area (Å²) in [7, 11) is 0. The molecule has 0 atom stereocenters. The summed E-state index contributed by atoms with van der Waals surface area (Å²) < 4.78 is 13.0. The van der Waals surface area contributed by atoms with Crippen LogP contribution in [0, 0.1) is 4.77 Å². The average Bonchev–Trinajstić information content (AvgIpc) is 2.64. The van der Waals surface area contributed by atoms with Gasteiger partial charge in [0.1, 0.15) is 0 Å². The van der Waals surface area contributed by atoms with E-state index in [4.69, 9.17) is 21.7 Å². The SMILES string of the molecule is C=CCNC(=O)CCCn1c(=S)[nH]c2cc(OCC)c(OCC)cc2c1=O. The number of ether oxygens (including phenoxy) is 2. The standard InChI is InChI=1S/C19H25N3O4S/c1-4-9-20-17(23)8-7-10-22-18(24)13-11-15(25-5-2)16(26-6-3)12-14(13)21-19(22)27/h4,11-12H,1,5-10H2,2-3H3,(H,20,23)(H,21,27). The third-order valence-electron chi connectivity index (χ3n) is 3.88. The number of carbonyl (C=O) groups excluding carboxylic acids is 1. The van der Waals surface area contributed by atoms with Gasteiger partial charge in [-0.05, 0) is 38.6 Å². The monoisotopic (exact) mass is 391 g/mol. The molecule has 2 N–H and O–H groups in total. The van der Waals surface area contributed by atoms with Crippen LogP contribution in [0.2, 0.25) is 0 Å². The van der Waals surface area contributed by atoms with Gasteiger partial charge < -0.3 is 19.8 Å². The molecule has 0 radical (unpaired) electrons. The van der Waals surface area contributed by atoms with E-state index in [1.165, 1.54) is 4.57 Å². The number of nitrogens with zero attached hydrogens (tertiary/aromatic N) is 1. The average molecular weight is 391 g/mol. The zero-order valence-electron chi connectivity index (χ0n) is 15.7. The number of hydrogen-bond acceptors (Lipinski definition) is 5. The molecule has 2 rings (SSSR count). The fraction of sp³-hybridized carbons (Fsp3) is 0.421. The molecule has 8 heteroatoms. The molecule has 1 heterocycles. The van der Waals surface area contributed by atoms with E-state index >= 15 is 0 Å². The van der Waals surface area contributed by atoms with Crippen molar-refractivity contribution in [3.05, 3.63) is 39.9 Å². The van der Waals surface area contributed by atoms with Crippen molar-refractivity contribution >= 4 is 29.0 Å². The summed E-state index contributed by atoms with van der Waals surface area (Å²) in [5, 5.41) is 3.17. The second kappa shape index (κ2) is 9.91. The number of aromatic nitrogens is 2. The van der Waals surface area contributed by atoms with Gasteiger partial charge >= 0.3 is 0 Å². The summed E-state index contributed by atoms with van der Waals surface area (Å²) >= 11 is 5.33. The van der Waals surface area contributed by atoms with Crippen LogP contribution in [0.15, 0.2) is 29.6 Å². The maximum Gasteiger partial charge on any atom is 0.262 e. The Kier molecular flexibility index (Phi) is 7.60. The van der Waals surface area contributed by atoms with Gasteiger partial charge in [-0.3, -0.25) is 14.2 Å². The van der Waals surface area contributed by atoms with Crippen molar-refractivity contribution < 1.29 is 14.3 Å². The van der Waals surface area contributed by atoms with E-state index in [0.29, 0.717) is 66.3 Å². The van der Waals surface area contributed by atoms with Crippen LogP contribution in [0.4, 0.5) is 0 Å². The Morgan fingerprint density at radius 1 is 1.30 bits per heavy atom. The van der Waals surface area contributed by atoms with Gasteiger partial charge in [-0.15, -0.1) is 6.58 Å². The molecule has 7 nitrogen and oxygen atoms in total. The summed E-state index contributed by atoms with van der Waals surface area (Å²) in [6.07, 6.45) is 2.43. The van der Waals surface area contributed by atoms with Crippen LogP contribution >= 0.6 is 12.2 Å². The number of amides is 1. The molecule has 0 aliphatic heterocycles. The van der Waals surface area contributed by atoms with E-state index in [0.717, 1.165) is 0 Å². The molecule has 146 valence electrons. The lowest BCUT2D eigenvalue weighted by Gasteiger charge is -2.13. The minimum absolute atomic E-state index is 0.0846.